The van der Waals surface area contributed by atoms with Gasteiger partial charge >= 0.3 is 0 Å². The first kappa shape index (κ1) is 22.2. The summed E-state index contributed by atoms with van der Waals surface area (Å²) in [6, 6.07) is 0. The van der Waals surface area contributed by atoms with Crippen molar-refractivity contribution in [3.63, 3.8) is 0 Å². The summed E-state index contributed by atoms with van der Waals surface area (Å²) in [7, 11) is 0. The summed E-state index contributed by atoms with van der Waals surface area (Å²) in [4.78, 5) is 0. The standard InChI is InChI=1S/C18H37O.H3N/c1-5-9-13-17(14-10-6-2)18(19,15-11-7-3)16-12-8-4;/h17H,5-16H2,1-4H3;1H3/q-1;/p+1. The Morgan fingerprint density at radius 2 is 1.05 bits per heavy atom. The van der Waals surface area contributed by atoms with Gasteiger partial charge in [-0.3, -0.25) is 0 Å². The van der Waals surface area contributed by atoms with Gasteiger partial charge in [-0.2, -0.15) is 0 Å². The molecule has 0 saturated carbocycles. The summed E-state index contributed by atoms with van der Waals surface area (Å²) in [5.74, 6) is 0.422. The van der Waals surface area contributed by atoms with Crippen LogP contribution in [-0.4, -0.2) is 5.60 Å². The normalized spacial score (nSPS) is 11.7. The highest BCUT2D eigenvalue weighted by Gasteiger charge is 2.25. The highest BCUT2D eigenvalue weighted by molar-refractivity contribution is 4.85. The second-order valence-electron chi connectivity index (χ2n) is 6.25. The van der Waals surface area contributed by atoms with Crippen LogP contribution in [-0.2, 0) is 0 Å². The van der Waals surface area contributed by atoms with E-state index in [0.717, 1.165) is 51.4 Å². The summed E-state index contributed by atoms with van der Waals surface area (Å²) in [6.07, 6.45) is 13.6. The van der Waals surface area contributed by atoms with Crippen LogP contribution in [0, 0.1) is 5.92 Å². The van der Waals surface area contributed by atoms with E-state index in [1.165, 1.54) is 25.7 Å². The minimum atomic E-state index is -0.629. The van der Waals surface area contributed by atoms with Gasteiger partial charge < -0.3 is 11.3 Å². The third kappa shape index (κ3) is 8.97. The predicted octanol–water partition coefficient (Wildman–Crippen LogP) is 5.84. The van der Waals surface area contributed by atoms with Crippen molar-refractivity contribution >= 4 is 0 Å². The highest BCUT2D eigenvalue weighted by Crippen LogP contribution is 2.34. The van der Waals surface area contributed by atoms with Crippen molar-refractivity contribution in [1.82, 2.24) is 6.15 Å². The number of rotatable bonds is 13. The lowest BCUT2D eigenvalue weighted by atomic mass is 9.74. The first-order valence-corrected chi connectivity index (χ1v) is 8.84. The molecule has 0 aliphatic rings. The third-order valence-corrected chi connectivity index (χ3v) is 4.46. The van der Waals surface area contributed by atoms with Gasteiger partial charge in [-0.1, -0.05) is 111 Å². The fourth-order valence-electron chi connectivity index (χ4n) is 3.06. The maximum Gasteiger partial charge on any atom is -0.0511 e. The predicted molar refractivity (Wildman–Crippen MR) is 90.3 cm³/mol. The van der Waals surface area contributed by atoms with E-state index in [9.17, 15) is 5.11 Å². The number of hydrogen-bond donors (Lipinski definition) is 1. The molecule has 124 valence electrons. The Labute approximate surface area is 128 Å². The molecule has 0 spiro atoms. The maximum atomic E-state index is 13.3. The van der Waals surface area contributed by atoms with E-state index in [1.54, 1.807) is 0 Å². The summed E-state index contributed by atoms with van der Waals surface area (Å²) >= 11 is 0. The zero-order valence-corrected chi connectivity index (χ0v) is 15.0. The highest BCUT2D eigenvalue weighted by atomic mass is 16.3. The molecule has 2 heteroatoms. The molecule has 0 aromatic carbocycles. The summed E-state index contributed by atoms with van der Waals surface area (Å²) in [5, 5.41) is 13.3. The Hall–Kier alpha value is -0.0800. The zero-order chi connectivity index (χ0) is 14.6. The number of hydrogen-bond acceptors (Lipinski definition) is 1. The van der Waals surface area contributed by atoms with Crippen LogP contribution in [0.2, 0.25) is 0 Å². The molecule has 0 fully saturated rings. The molecular weight excluding hydrogens is 246 g/mol. The lowest BCUT2D eigenvalue weighted by molar-refractivity contribution is -0.498. The van der Waals surface area contributed by atoms with E-state index in [0.29, 0.717) is 5.92 Å². The molecular formula is C18H41NO. The van der Waals surface area contributed by atoms with Gasteiger partial charge in [0.25, 0.3) is 0 Å². The van der Waals surface area contributed by atoms with Crippen molar-refractivity contribution in [3.8, 4) is 0 Å². The smallest absolute Gasteiger partial charge is 0.0511 e. The van der Waals surface area contributed by atoms with Crippen LogP contribution < -0.4 is 11.3 Å². The topological polar surface area (TPSA) is 59.6 Å². The van der Waals surface area contributed by atoms with E-state index in [4.69, 9.17) is 0 Å². The van der Waals surface area contributed by atoms with Gasteiger partial charge in [-0.25, -0.2) is 0 Å². The van der Waals surface area contributed by atoms with Crippen LogP contribution in [0.4, 0.5) is 0 Å². The molecule has 0 unspecified atom stereocenters. The molecule has 2 nitrogen and oxygen atoms in total. The summed E-state index contributed by atoms with van der Waals surface area (Å²) < 4.78 is 0. The molecule has 0 radical (unpaired) electrons. The van der Waals surface area contributed by atoms with Crippen LogP contribution >= 0.6 is 0 Å². The van der Waals surface area contributed by atoms with Gasteiger partial charge in [0.1, 0.15) is 0 Å². The van der Waals surface area contributed by atoms with Gasteiger partial charge in [0, 0.05) is 0 Å². The molecule has 0 atom stereocenters. The minimum absolute atomic E-state index is 0. The van der Waals surface area contributed by atoms with Gasteiger partial charge in [-0.15, -0.1) is 5.60 Å². The van der Waals surface area contributed by atoms with Crippen LogP contribution in [0.25, 0.3) is 0 Å². The first-order chi connectivity index (χ1) is 9.14. The van der Waals surface area contributed by atoms with Crippen molar-refractivity contribution < 1.29 is 5.11 Å². The molecule has 0 aromatic heterocycles. The summed E-state index contributed by atoms with van der Waals surface area (Å²) in [6.45, 7) is 8.88. The van der Waals surface area contributed by atoms with E-state index < -0.39 is 5.60 Å². The second-order valence-corrected chi connectivity index (χ2v) is 6.25. The van der Waals surface area contributed by atoms with Gasteiger partial charge in [-0.05, 0) is 0 Å². The van der Waals surface area contributed by atoms with E-state index in [-0.39, 0.29) is 6.15 Å². The van der Waals surface area contributed by atoms with Gasteiger partial charge in [0.15, 0.2) is 0 Å². The molecule has 0 aromatic rings. The third-order valence-electron chi connectivity index (χ3n) is 4.46. The summed E-state index contributed by atoms with van der Waals surface area (Å²) in [5.41, 5.74) is -0.629. The molecule has 0 heterocycles. The lowest BCUT2D eigenvalue weighted by Crippen LogP contribution is -2.50. The monoisotopic (exact) mass is 287 g/mol. The van der Waals surface area contributed by atoms with Gasteiger partial charge in [0.05, 0.1) is 0 Å². The molecule has 4 N–H and O–H groups in total. The van der Waals surface area contributed by atoms with E-state index in [2.05, 4.69) is 27.7 Å². The Morgan fingerprint density at radius 1 is 0.700 bits per heavy atom. The molecule has 0 rings (SSSR count). The van der Waals surface area contributed by atoms with E-state index in [1.807, 2.05) is 0 Å². The van der Waals surface area contributed by atoms with Crippen molar-refractivity contribution in [2.24, 2.45) is 5.92 Å². The largest absolute Gasteiger partial charge is 0.849 e. The molecule has 0 aliphatic heterocycles. The molecule has 0 amide bonds. The maximum absolute atomic E-state index is 13.3. The number of unbranched alkanes of at least 4 members (excludes halogenated alkanes) is 4. The molecule has 0 bridgehead atoms. The molecule has 0 saturated heterocycles. The van der Waals surface area contributed by atoms with Gasteiger partial charge in [0.2, 0.25) is 0 Å². The number of quaternary nitrogens is 1. The molecule has 20 heavy (non-hydrogen) atoms. The minimum Gasteiger partial charge on any atom is -0.849 e. The Balaban J connectivity index is 0. The van der Waals surface area contributed by atoms with Crippen molar-refractivity contribution in [1.29, 1.82) is 0 Å². The fraction of sp³-hybridized carbons (Fsp3) is 1.00. The quantitative estimate of drug-likeness (QED) is 0.454. The lowest BCUT2D eigenvalue weighted by Gasteiger charge is -2.49. The van der Waals surface area contributed by atoms with Crippen LogP contribution in [0.1, 0.15) is 105 Å². The van der Waals surface area contributed by atoms with Crippen molar-refractivity contribution in [3.05, 3.63) is 0 Å². The first-order valence-electron chi connectivity index (χ1n) is 8.84. The average Bonchev–Trinajstić information content (AvgIpc) is 2.43. The average molecular weight is 288 g/mol. The zero-order valence-electron chi connectivity index (χ0n) is 15.0. The second kappa shape index (κ2) is 13.9. The van der Waals surface area contributed by atoms with Crippen LogP contribution in [0.3, 0.4) is 0 Å². The Morgan fingerprint density at radius 3 is 1.35 bits per heavy atom. The Bertz CT molecular complexity index is 178. The Kier molecular flexibility index (Phi) is 15.4. The van der Waals surface area contributed by atoms with Crippen LogP contribution in [0.5, 0.6) is 0 Å². The fourth-order valence-corrected chi connectivity index (χ4v) is 3.06. The van der Waals surface area contributed by atoms with Crippen LogP contribution in [0.15, 0.2) is 0 Å². The van der Waals surface area contributed by atoms with Crippen molar-refractivity contribution in [2.45, 2.75) is 110 Å². The van der Waals surface area contributed by atoms with E-state index >= 15 is 0 Å². The molecule has 0 aliphatic carbocycles. The SMILES string of the molecule is CCCCC(CCCC)C([O-])(CCCC)CCCC.[NH4+]. The van der Waals surface area contributed by atoms with Crippen molar-refractivity contribution in [2.75, 3.05) is 0 Å².